The van der Waals surface area contributed by atoms with Crippen molar-refractivity contribution in [3.63, 3.8) is 0 Å². The van der Waals surface area contributed by atoms with Gasteiger partial charge in [-0.1, -0.05) is 48.0 Å². The van der Waals surface area contributed by atoms with Gasteiger partial charge in [-0.05, 0) is 43.2 Å². The molecule has 1 aliphatic heterocycles. The molecule has 1 atom stereocenters. The molecule has 1 aliphatic rings. The van der Waals surface area contributed by atoms with Crippen LogP contribution in [-0.4, -0.2) is 16.6 Å². The molecule has 4 rings (SSSR count). The van der Waals surface area contributed by atoms with Crippen molar-refractivity contribution < 1.29 is 9.21 Å². The molecule has 1 unspecified atom stereocenters. The molecule has 0 aliphatic carbocycles. The van der Waals surface area contributed by atoms with Crippen molar-refractivity contribution in [1.29, 1.82) is 0 Å². The van der Waals surface area contributed by atoms with Gasteiger partial charge >= 0.3 is 0 Å². The van der Waals surface area contributed by atoms with Crippen LogP contribution < -0.4 is 0 Å². The molecule has 3 aromatic rings. The molecule has 4 heteroatoms. The Morgan fingerprint density at radius 2 is 1.81 bits per heavy atom. The molecular formula is C22H20N2O2. The molecule has 0 spiro atoms. The first-order chi connectivity index (χ1) is 12.6. The number of rotatable bonds is 3. The van der Waals surface area contributed by atoms with Crippen LogP contribution in [0.4, 0.5) is 0 Å². The standard InChI is InChI=1S/C22H20N2O2/c1-15-9-11-17(12-10-15)19-14-20(21-8-5-13-26-21)24(23-19)22(25)18-7-4-3-6-16(18)2/h3-13,20H,14H2,1-2H3. The highest BCUT2D eigenvalue weighted by Gasteiger charge is 2.35. The van der Waals surface area contributed by atoms with E-state index in [-0.39, 0.29) is 11.9 Å². The van der Waals surface area contributed by atoms with E-state index in [4.69, 9.17) is 4.42 Å². The van der Waals surface area contributed by atoms with Gasteiger partial charge in [0, 0.05) is 12.0 Å². The van der Waals surface area contributed by atoms with Gasteiger partial charge in [-0.3, -0.25) is 4.79 Å². The summed E-state index contributed by atoms with van der Waals surface area (Å²) in [4.78, 5) is 13.2. The quantitative estimate of drug-likeness (QED) is 0.679. The van der Waals surface area contributed by atoms with E-state index >= 15 is 0 Å². The maximum atomic E-state index is 13.2. The van der Waals surface area contributed by atoms with Crippen molar-refractivity contribution in [2.24, 2.45) is 5.10 Å². The Bertz CT molecular complexity index is 956. The highest BCUT2D eigenvalue weighted by atomic mass is 16.3. The van der Waals surface area contributed by atoms with Crippen LogP contribution in [0.1, 0.15) is 45.3 Å². The number of nitrogens with zero attached hydrogens (tertiary/aromatic N) is 2. The Morgan fingerprint density at radius 3 is 2.50 bits per heavy atom. The zero-order valence-corrected chi connectivity index (χ0v) is 14.8. The number of hydrogen-bond acceptors (Lipinski definition) is 3. The van der Waals surface area contributed by atoms with Gasteiger partial charge in [-0.25, -0.2) is 5.01 Å². The summed E-state index contributed by atoms with van der Waals surface area (Å²) in [6.45, 7) is 4.00. The van der Waals surface area contributed by atoms with E-state index in [1.54, 1.807) is 11.3 Å². The number of aryl methyl sites for hydroxylation is 2. The lowest BCUT2D eigenvalue weighted by Gasteiger charge is -2.20. The zero-order chi connectivity index (χ0) is 18.1. The molecule has 4 nitrogen and oxygen atoms in total. The van der Waals surface area contributed by atoms with Crippen molar-refractivity contribution >= 4 is 11.6 Å². The Morgan fingerprint density at radius 1 is 1.04 bits per heavy atom. The largest absolute Gasteiger partial charge is 0.467 e. The molecule has 1 aromatic heterocycles. The average Bonchev–Trinajstić information content (AvgIpc) is 3.32. The van der Waals surface area contributed by atoms with Crippen LogP contribution in [0, 0.1) is 13.8 Å². The fourth-order valence-corrected chi connectivity index (χ4v) is 3.26. The maximum Gasteiger partial charge on any atom is 0.274 e. The van der Waals surface area contributed by atoms with Crippen LogP contribution in [0.3, 0.4) is 0 Å². The molecule has 26 heavy (non-hydrogen) atoms. The van der Waals surface area contributed by atoms with Gasteiger partial charge in [0.15, 0.2) is 0 Å². The Kier molecular flexibility index (Phi) is 4.17. The molecule has 0 radical (unpaired) electrons. The van der Waals surface area contributed by atoms with E-state index in [9.17, 15) is 4.79 Å². The van der Waals surface area contributed by atoms with Crippen LogP contribution in [-0.2, 0) is 0 Å². The summed E-state index contributed by atoms with van der Waals surface area (Å²) in [5.41, 5.74) is 4.73. The Labute approximate surface area is 152 Å². The summed E-state index contributed by atoms with van der Waals surface area (Å²) < 4.78 is 5.60. The second-order valence-corrected chi connectivity index (χ2v) is 6.61. The first-order valence-electron chi connectivity index (χ1n) is 8.70. The van der Waals surface area contributed by atoms with Crippen LogP contribution >= 0.6 is 0 Å². The summed E-state index contributed by atoms with van der Waals surface area (Å²) >= 11 is 0. The Balaban J connectivity index is 1.73. The molecular weight excluding hydrogens is 324 g/mol. The smallest absolute Gasteiger partial charge is 0.274 e. The van der Waals surface area contributed by atoms with Gasteiger partial charge in [0.05, 0.1) is 12.0 Å². The maximum absolute atomic E-state index is 13.2. The number of hydrazone groups is 1. The van der Waals surface area contributed by atoms with Crippen molar-refractivity contribution in [3.8, 4) is 0 Å². The minimum atomic E-state index is -0.228. The fourth-order valence-electron chi connectivity index (χ4n) is 3.26. The second kappa shape index (κ2) is 6.64. The molecule has 0 saturated heterocycles. The van der Waals surface area contributed by atoms with Gasteiger partial charge in [0.2, 0.25) is 0 Å². The number of carbonyl (C=O) groups is 1. The van der Waals surface area contributed by atoms with Crippen molar-refractivity contribution in [1.82, 2.24) is 5.01 Å². The highest BCUT2D eigenvalue weighted by Crippen LogP contribution is 2.34. The van der Waals surface area contributed by atoms with Crippen molar-refractivity contribution in [2.45, 2.75) is 26.3 Å². The number of carbonyl (C=O) groups excluding carboxylic acids is 1. The van der Waals surface area contributed by atoms with Gasteiger partial charge in [-0.15, -0.1) is 0 Å². The molecule has 0 fully saturated rings. The predicted octanol–water partition coefficient (Wildman–Crippen LogP) is 4.89. The van der Waals surface area contributed by atoms with E-state index in [2.05, 4.69) is 36.3 Å². The van der Waals surface area contributed by atoms with Crippen molar-refractivity contribution in [2.75, 3.05) is 0 Å². The van der Waals surface area contributed by atoms with Gasteiger partial charge in [0.25, 0.3) is 5.91 Å². The third kappa shape index (κ3) is 2.94. The number of amides is 1. The SMILES string of the molecule is Cc1ccc(C2=NN(C(=O)c3ccccc3C)C(c3ccco3)C2)cc1. The van der Waals surface area contributed by atoms with Crippen molar-refractivity contribution in [3.05, 3.63) is 94.9 Å². The number of benzene rings is 2. The van der Waals surface area contributed by atoms with E-state index in [1.165, 1.54) is 5.56 Å². The topological polar surface area (TPSA) is 45.8 Å². The number of hydrogen-bond donors (Lipinski definition) is 0. The van der Waals surface area contributed by atoms with E-state index in [0.29, 0.717) is 12.0 Å². The highest BCUT2D eigenvalue weighted by molar-refractivity contribution is 6.05. The summed E-state index contributed by atoms with van der Waals surface area (Å²) in [7, 11) is 0. The molecule has 0 N–H and O–H groups in total. The minimum absolute atomic E-state index is 0.105. The lowest BCUT2D eigenvalue weighted by Crippen LogP contribution is -2.27. The van der Waals surface area contributed by atoms with Gasteiger partial charge in [0.1, 0.15) is 11.8 Å². The second-order valence-electron chi connectivity index (χ2n) is 6.61. The summed E-state index contributed by atoms with van der Waals surface area (Å²) in [6, 6.07) is 19.3. The molecule has 1 amide bonds. The molecule has 0 saturated carbocycles. The first-order valence-corrected chi connectivity index (χ1v) is 8.70. The summed E-state index contributed by atoms with van der Waals surface area (Å²) in [5.74, 6) is 0.643. The fraction of sp³-hybridized carbons (Fsp3) is 0.182. The predicted molar refractivity (Wildman–Crippen MR) is 101 cm³/mol. The lowest BCUT2D eigenvalue weighted by molar-refractivity contribution is 0.0692. The van der Waals surface area contributed by atoms with Crippen LogP contribution in [0.15, 0.2) is 76.4 Å². The van der Waals surface area contributed by atoms with Gasteiger partial charge in [-0.2, -0.15) is 5.10 Å². The van der Waals surface area contributed by atoms with Crippen LogP contribution in [0.5, 0.6) is 0 Å². The minimum Gasteiger partial charge on any atom is -0.467 e. The molecule has 2 heterocycles. The van der Waals surface area contributed by atoms with Gasteiger partial charge < -0.3 is 4.42 Å². The normalized spacial score (nSPS) is 16.6. The summed E-state index contributed by atoms with van der Waals surface area (Å²) in [6.07, 6.45) is 2.27. The molecule has 130 valence electrons. The first kappa shape index (κ1) is 16.3. The molecule has 2 aromatic carbocycles. The van der Waals surface area contributed by atoms with E-state index < -0.39 is 0 Å². The third-order valence-electron chi connectivity index (χ3n) is 4.75. The van der Waals surface area contributed by atoms with E-state index in [1.807, 2.05) is 43.3 Å². The van der Waals surface area contributed by atoms with Crippen LogP contribution in [0.2, 0.25) is 0 Å². The lowest BCUT2D eigenvalue weighted by atomic mass is 10.0. The van der Waals surface area contributed by atoms with Crippen LogP contribution in [0.25, 0.3) is 0 Å². The molecule has 0 bridgehead atoms. The Hall–Kier alpha value is -3.14. The third-order valence-corrected chi connectivity index (χ3v) is 4.75. The summed E-state index contributed by atoms with van der Waals surface area (Å²) in [5, 5.41) is 6.25. The number of furan rings is 1. The monoisotopic (exact) mass is 344 g/mol. The zero-order valence-electron chi connectivity index (χ0n) is 14.8. The average molecular weight is 344 g/mol. The van der Waals surface area contributed by atoms with E-state index in [0.717, 1.165) is 22.6 Å².